The molecule has 0 radical (unpaired) electrons. The predicted octanol–water partition coefficient (Wildman–Crippen LogP) is 6.97. The number of benzene rings is 2. The van der Waals surface area contributed by atoms with Crippen LogP contribution in [0.25, 0.3) is 0 Å². The summed E-state index contributed by atoms with van der Waals surface area (Å²) >= 11 is 0. The van der Waals surface area contributed by atoms with Crippen LogP contribution in [0.2, 0.25) is 0 Å². The first-order chi connectivity index (χ1) is 16.2. The van der Waals surface area contributed by atoms with E-state index in [1.165, 1.54) is 24.0 Å². The Kier molecular flexibility index (Phi) is 7.05. The molecular weight excluding hydrogens is 435 g/mol. The molecule has 4 rings (SSSR count). The van der Waals surface area contributed by atoms with Gasteiger partial charge in [-0.1, -0.05) is 60.7 Å². The minimum Gasteiger partial charge on any atom is -0.347 e. The molecule has 3 aromatic rings. The Balaban J connectivity index is 1.49. The molecule has 0 saturated carbocycles. The lowest BCUT2D eigenvalue weighted by atomic mass is 10.0. The molecule has 1 aromatic heterocycles. The largest absolute Gasteiger partial charge is 0.347 e. The van der Waals surface area contributed by atoms with E-state index >= 15 is 4.39 Å². The minimum absolute atomic E-state index is 0.0241. The van der Waals surface area contributed by atoms with Crippen molar-refractivity contribution < 1.29 is 13.2 Å². The molecule has 3 nitrogen and oxygen atoms in total. The molecule has 34 heavy (non-hydrogen) atoms. The molecule has 0 spiro atoms. The van der Waals surface area contributed by atoms with E-state index in [0.29, 0.717) is 25.1 Å². The van der Waals surface area contributed by atoms with Crippen LogP contribution < -0.4 is 4.90 Å². The first-order valence-corrected chi connectivity index (χ1v) is 11.7. The average Bonchev–Trinajstić information content (AvgIpc) is 3.28. The van der Waals surface area contributed by atoms with Crippen molar-refractivity contribution in [2.24, 2.45) is 0 Å². The second-order valence-electron chi connectivity index (χ2n) is 9.27. The zero-order chi connectivity index (χ0) is 24.3. The highest BCUT2D eigenvalue weighted by atomic mass is 19.3. The van der Waals surface area contributed by atoms with E-state index in [2.05, 4.69) is 40.8 Å². The lowest BCUT2D eigenvalue weighted by Crippen LogP contribution is -2.25. The van der Waals surface area contributed by atoms with Crippen molar-refractivity contribution in [2.45, 2.75) is 57.9 Å². The number of nitrogens with zero attached hydrogens (tertiary/aromatic N) is 3. The van der Waals surface area contributed by atoms with Gasteiger partial charge in [-0.15, -0.1) is 0 Å². The first kappa shape index (κ1) is 24.0. The van der Waals surface area contributed by atoms with E-state index in [0.717, 1.165) is 42.9 Å². The highest BCUT2D eigenvalue weighted by molar-refractivity contribution is 5.46. The van der Waals surface area contributed by atoms with Gasteiger partial charge in [-0.25, -0.2) is 23.1 Å². The molecular formula is C28H30F3N3. The van der Waals surface area contributed by atoms with E-state index in [9.17, 15) is 8.78 Å². The van der Waals surface area contributed by atoms with Crippen LogP contribution in [0, 0.1) is 5.82 Å². The van der Waals surface area contributed by atoms with Gasteiger partial charge in [0.25, 0.3) is 5.92 Å². The van der Waals surface area contributed by atoms with Gasteiger partial charge in [0.2, 0.25) is 0 Å². The quantitative estimate of drug-likeness (QED) is 0.336. The highest BCUT2D eigenvalue weighted by Crippen LogP contribution is 2.37. The number of rotatable bonds is 8. The molecule has 178 valence electrons. The van der Waals surface area contributed by atoms with Crippen molar-refractivity contribution in [3.63, 3.8) is 0 Å². The summed E-state index contributed by atoms with van der Waals surface area (Å²) in [5.74, 6) is -2.99. The van der Waals surface area contributed by atoms with Gasteiger partial charge in [-0.3, -0.25) is 0 Å². The summed E-state index contributed by atoms with van der Waals surface area (Å²) in [7, 11) is 0. The molecule has 2 heterocycles. The van der Waals surface area contributed by atoms with Crippen molar-refractivity contribution in [3.05, 3.63) is 101 Å². The Bertz CT molecular complexity index is 1140. The van der Waals surface area contributed by atoms with Gasteiger partial charge in [-0.05, 0) is 55.7 Å². The third-order valence-corrected chi connectivity index (χ3v) is 6.35. The third-order valence-electron chi connectivity index (χ3n) is 6.35. The Labute approximate surface area is 199 Å². The van der Waals surface area contributed by atoms with E-state index in [1.54, 1.807) is 12.1 Å². The second-order valence-corrected chi connectivity index (χ2v) is 9.27. The maximum Gasteiger partial charge on any atom is 0.270 e. The molecule has 1 unspecified atom stereocenters. The van der Waals surface area contributed by atoms with Gasteiger partial charge in [0.15, 0.2) is 11.6 Å². The lowest BCUT2D eigenvalue weighted by molar-refractivity contribution is 0.0174. The third kappa shape index (κ3) is 5.49. The summed E-state index contributed by atoms with van der Waals surface area (Å²) in [5.41, 5.74) is 4.70. The van der Waals surface area contributed by atoms with Crippen molar-refractivity contribution in [2.75, 3.05) is 11.4 Å². The topological polar surface area (TPSA) is 29.0 Å². The Morgan fingerprint density at radius 3 is 2.35 bits per heavy atom. The number of hydrogen-bond acceptors (Lipinski definition) is 3. The molecule has 6 heteroatoms. The predicted molar refractivity (Wildman–Crippen MR) is 130 cm³/mol. The molecule has 0 N–H and O–H groups in total. The zero-order valence-corrected chi connectivity index (χ0v) is 19.7. The summed E-state index contributed by atoms with van der Waals surface area (Å²) in [4.78, 5) is 10.4. The number of halogens is 3. The van der Waals surface area contributed by atoms with Gasteiger partial charge < -0.3 is 4.90 Å². The maximum atomic E-state index is 15.5. The standard InChI is InChI=1S/C28H30F3N3/c1-19(2)17-21-8-6-20(7-9-21)10-15-24-26(29)27(33-18-32-24)34-16-4-5-25(34)22-11-13-23(14-12-22)28(3,30)31/h6-9,11-14,18,25H,1,4-5,10,15-17H2,2-3H3. The summed E-state index contributed by atoms with van der Waals surface area (Å²) < 4.78 is 42.6. The molecule has 1 atom stereocenters. The van der Waals surface area contributed by atoms with E-state index < -0.39 is 11.7 Å². The SMILES string of the molecule is C=C(C)Cc1ccc(CCc2ncnc(N3CCCC3c3ccc(C(C)(F)F)cc3)c2F)cc1. The minimum atomic E-state index is -2.88. The first-order valence-electron chi connectivity index (χ1n) is 11.7. The van der Waals surface area contributed by atoms with Gasteiger partial charge in [0.05, 0.1) is 11.7 Å². The molecule has 1 saturated heterocycles. The van der Waals surface area contributed by atoms with Gasteiger partial charge in [0.1, 0.15) is 6.33 Å². The molecule has 0 amide bonds. The Morgan fingerprint density at radius 2 is 1.71 bits per heavy atom. The van der Waals surface area contributed by atoms with E-state index in [4.69, 9.17) is 0 Å². The van der Waals surface area contributed by atoms with Crippen LogP contribution >= 0.6 is 0 Å². The highest BCUT2D eigenvalue weighted by Gasteiger charge is 2.31. The van der Waals surface area contributed by atoms with Gasteiger partial charge in [-0.2, -0.15) is 0 Å². The summed E-state index contributed by atoms with van der Waals surface area (Å²) in [5, 5.41) is 0. The molecule has 1 fully saturated rings. The summed E-state index contributed by atoms with van der Waals surface area (Å²) in [6.07, 6.45) is 5.12. The zero-order valence-electron chi connectivity index (χ0n) is 19.7. The lowest BCUT2D eigenvalue weighted by Gasteiger charge is -2.27. The van der Waals surface area contributed by atoms with Gasteiger partial charge >= 0.3 is 0 Å². The molecule has 0 aliphatic carbocycles. The fraction of sp³-hybridized carbons (Fsp3) is 0.357. The molecule has 1 aliphatic heterocycles. The number of alkyl halides is 2. The van der Waals surface area contributed by atoms with Gasteiger partial charge in [0, 0.05) is 19.0 Å². The van der Waals surface area contributed by atoms with Crippen molar-refractivity contribution in [3.8, 4) is 0 Å². The number of anilines is 1. The van der Waals surface area contributed by atoms with E-state index in [-0.39, 0.29) is 17.4 Å². The van der Waals surface area contributed by atoms with E-state index in [1.807, 2.05) is 11.8 Å². The van der Waals surface area contributed by atoms with Crippen LogP contribution in [0.5, 0.6) is 0 Å². The number of aromatic nitrogens is 2. The molecule has 2 aromatic carbocycles. The Morgan fingerprint density at radius 1 is 1.03 bits per heavy atom. The smallest absolute Gasteiger partial charge is 0.270 e. The van der Waals surface area contributed by atoms with Crippen molar-refractivity contribution in [1.29, 1.82) is 0 Å². The van der Waals surface area contributed by atoms with Crippen LogP contribution in [0.3, 0.4) is 0 Å². The summed E-state index contributed by atoms with van der Waals surface area (Å²) in [6, 6.07) is 14.5. The number of aryl methyl sites for hydroxylation is 2. The fourth-order valence-corrected chi connectivity index (χ4v) is 4.57. The van der Waals surface area contributed by atoms with Crippen LogP contribution in [0.15, 0.2) is 67.0 Å². The fourth-order valence-electron chi connectivity index (χ4n) is 4.57. The van der Waals surface area contributed by atoms with Crippen LogP contribution in [-0.2, 0) is 25.2 Å². The van der Waals surface area contributed by atoms with Crippen LogP contribution in [0.1, 0.15) is 60.7 Å². The molecule has 0 bridgehead atoms. The number of hydrogen-bond donors (Lipinski definition) is 0. The normalized spacial score (nSPS) is 16.1. The monoisotopic (exact) mass is 465 g/mol. The van der Waals surface area contributed by atoms with Crippen LogP contribution in [-0.4, -0.2) is 16.5 Å². The van der Waals surface area contributed by atoms with Crippen molar-refractivity contribution >= 4 is 5.82 Å². The molecule has 1 aliphatic rings. The van der Waals surface area contributed by atoms with Crippen molar-refractivity contribution in [1.82, 2.24) is 9.97 Å². The Hall–Kier alpha value is -3.15. The van der Waals surface area contributed by atoms with Crippen LogP contribution in [0.4, 0.5) is 19.0 Å². The second kappa shape index (κ2) is 10.00. The average molecular weight is 466 g/mol. The number of allylic oxidation sites excluding steroid dienone is 1. The maximum absolute atomic E-state index is 15.5. The summed E-state index contributed by atoms with van der Waals surface area (Å²) in [6.45, 7) is 7.50.